The van der Waals surface area contributed by atoms with Gasteiger partial charge in [-0.15, -0.1) is 0 Å². The van der Waals surface area contributed by atoms with Crippen molar-refractivity contribution < 1.29 is 9.53 Å². The normalized spacial score (nSPS) is 10.7. The van der Waals surface area contributed by atoms with E-state index < -0.39 is 0 Å². The van der Waals surface area contributed by atoms with E-state index in [2.05, 4.69) is 24.5 Å². The van der Waals surface area contributed by atoms with Crippen molar-refractivity contribution >= 4 is 11.6 Å². The molecule has 0 aromatic heterocycles. The van der Waals surface area contributed by atoms with Gasteiger partial charge in [0.05, 0.1) is 6.61 Å². The van der Waals surface area contributed by atoms with Gasteiger partial charge in [0.15, 0.2) is 0 Å². The molecule has 1 rings (SSSR count). The van der Waals surface area contributed by atoms with Gasteiger partial charge in [0.25, 0.3) is 0 Å². The third-order valence-electron chi connectivity index (χ3n) is 2.50. The first kappa shape index (κ1) is 14.7. The summed E-state index contributed by atoms with van der Waals surface area (Å²) in [7, 11) is 1.64. The maximum Gasteiger partial charge on any atom is 0.225 e. The third-order valence-corrected chi connectivity index (χ3v) is 2.50. The smallest absolute Gasteiger partial charge is 0.225 e. The number of para-hydroxylation sites is 1. The zero-order chi connectivity index (χ0) is 13.4. The van der Waals surface area contributed by atoms with Crippen molar-refractivity contribution in [2.45, 2.75) is 32.9 Å². The Hall–Kier alpha value is -1.39. The molecule has 0 aliphatic heterocycles. The standard InChI is InChI=1S/C14H22N2O2/c1-11(2)15-9-8-14(17)16-13-7-5-4-6-12(13)10-18-3/h4-7,11,15H,8-10H2,1-3H3,(H,16,17). The van der Waals surface area contributed by atoms with Crippen molar-refractivity contribution in [1.29, 1.82) is 0 Å². The molecule has 0 bridgehead atoms. The van der Waals surface area contributed by atoms with E-state index >= 15 is 0 Å². The molecule has 0 unspecified atom stereocenters. The fourth-order valence-corrected chi connectivity index (χ4v) is 1.61. The number of methoxy groups -OCH3 is 1. The largest absolute Gasteiger partial charge is 0.380 e. The fraction of sp³-hybridized carbons (Fsp3) is 0.500. The lowest BCUT2D eigenvalue weighted by Crippen LogP contribution is -2.27. The van der Waals surface area contributed by atoms with Crippen LogP contribution in [0, 0.1) is 0 Å². The van der Waals surface area contributed by atoms with Crippen LogP contribution in [0.4, 0.5) is 5.69 Å². The van der Waals surface area contributed by atoms with Crippen molar-refractivity contribution in [3.8, 4) is 0 Å². The highest BCUT2D eigenvalue weighted by atomic mass is 16.5. The van der Waals surface area contributed by atoms with Gasteiger partial charge in [-0.05, 0) is 6.07 Å². The summed E-state index contributed by atoms with van der Waals surface area (Å²) < 4.78 is 5.10. The van der Waals surface area contributed by atoms with Crippen LogP contribution >= 0.6 is 0 Å². The fourth-order valence-electron chi connectivity index (χ4n) is 1.61. The van der Waals surface area contributed by atoms with Crippen LogP contribution in [-0.2, 0) is 16.1 Å². The topological polar surface area (TPSA) is 50.4 Å². The number of benzene rings is 1. The van der Waals surface area contributed by atoms with Crippen molar-refractivity contribution in [2.75, 3.05) is 19.0 Å². The quantitative estimate of drug-likeness (QED) is 0.779. The first-order valence-corrected chi connectivity index (χ1v) is 6.23. The van der Waals surface area contributed by atoms with Crippen LogP contribution in [0.1, 0.15) is 25.8 Å². The first-order valence-electron chi connectivity index (χ1n) is 6.23. The molecule has 0 saturated carbocycles. The van der Waals surface area contributed by atoms with Gasteiger partial charge in [-0.3, -0.25) is 4.79 Å². The van der Waals surface area contributed by atoms with E-state index in [1.807, 2.05) is 24.3 Å². The molecule has 1 aromatic carbocycles. The van der Waals surface area contributed by atoms with Gasteiger partial charge < -0.3 is 15.4 Å². The second-order valence-corrected chi connectivity index (χ2v) is 4.50. The number of anilines is 1. The van der Waals surface area contributed by atoms with Crippen LogP contribution in [0.25, 0.3) is 0 Å². The van der Waals surface area contributed by atoms with E-state index in [1.54, 1.807) is 7.11 Å². The van der Waals surface area contributed by atoms with E-state index in [-0.39, 0.29) is 5.91 Å². The highest BCUT2D eigenvalue weighted by molar-refractivity contribution is 5.91. The molecule has 0 saturated heterocycles. The number of hydrogen-bond donors (Lipinski definition) is 2. The number of ether oxygens (including phenoxy) is 1. The molecule has 0 radical (unpaired) electrons. The van der Waals surface area contributed by atoms with Gasteiger partial charge in [0.2, 0.25) is 5.91 Å². The van der Waals surface area contributed by atoms with Gasteiger partial charge in [-0.1, -0.05) is 32.0 Å². The average Bonchev–Trinajstić information content (AvgIpc) is 2.31. The monoisotopic (exact) mass is 250 g/mol. The Bertz CT molecular complexity index is 378. The lowest BCUT2D eigenvalue weighted by atomic mass is 10.2. The van der Waals surface area contributed by atoms with Crippen LogP contribution in [-0.4, -0.2) is 25.6 Å². The van der Waals surface area contributed by atoms with Gasteiger partial charge in [0.1, 0.15) is 0 Å². The molecule has 0 atom stereocenters. The molecule has 18 heavy (non-hydrogen) atoms. The SMILES string of the molecule is COCc1ccccc1NC(=O)CCNC(C)C. The van der Waals surface area contributed by atoms with E-state index in [0.717, 1.165) is 11.3 Å². The molecule has 0 aliphatic rings. The molecule has 0 heterocycles. The van der Waals surface area contributed by atoms with E-state index in [1.165, 1.54) is 0 Å². The minimum atomic E-state index is 0.0201. The predicted octanol–water partition coefficient (Wildman–Crippen LogP) is 2.16. The number of hydrogen-bond acceptors (Lipinski definition) is 3. The third kappa shape index (κ3) is 5.29. The Balaban J connectivity index is 2.48. The molecule has 4 heteroatoms. The molecule has 1 amide bonds. The number of carbonyl (C=O) groups is 1. The van der Waals surface area contributed by atoms with Gasteiger partial charge in [-0.2, -0.15) is 0 Å². The lowest BCUT2D eigenvalue weighted by molar-refractivity contribution is -0.116. The Labute approximate surface area is 109 Å². The molecular weight excluding hydrogens is 228 g/mol. The zero-order valence-electron chi connectivity index (χ0n) is 11.3. The summed E-state index contributed by atoms with van der Waals surface area (Å²) in [6.07, 6.45) is 0.472. The predicted molar refractivity (Wildman–Crippen MR) is 73.5 cm³/mol. The van der Waals surface area contributed by atoms with Crippen molar-refractivity contribution in [3.05, 3.63) is 29.8 Å². The summed E-state index contributed by atoms with van der Waals surface area (Å²) >= 11 is 0. The summed E-state index contributed by atoms with van der Waals surface area (Å²) in [6, 6.07) is 8.08. The van der Waals surface area contributed by atoms with Crippen LogP contribution in [0.15, 0.2) is 24.3 Å². The molecule has 0 spiro atoms. The Morgan fingerprint density at radius 1 is 1.33 bits per heavy atom. The van der Waals surface area contributed by atoms with Crippen molar-refractivity contribution in [3.63, 3.8) is 0 Å². The van der Waals surface area contributed by atoms with Crippen LogP contribution in [0.5, 0.6) is 0 Å². The van der Waals surface area contributed by atoms with Crippen LogP contribution in [0.2, 0.25) is 0 Å². The molecule has 2 N–H and O–H groups in total. The van der Waals surface area contributed by atoms with E-state index in [9.17, 15) is 4.79 Å². The van der Waals surface area contributed by atoms with Crippen LogP contribution < -0.4 is 10.6 Å². The summed E-state index contributed by atoms with van der Waals surface area (Å²) in [4.78, 5) is 11.8. The summed E-state index contributed by atoms with van der Waals surface area (Å²) in [6.45, 7) is 5.31. The van der Waals surface area contributed by atoms with Crippen molar-refractivity contribution in [2.24, 2.45) is 0 Å². The number of carbonyl (C=O) groups excluding carboxylic acids is 1. The first-order chi connectivity index (χ1) is 8.63. The Morgan fingerprint density at radius 2 is 2.06 bits per heavy atom. The minimum Gasteiger partial charge on any atom is -0.380 e. The molecular formula is C14H22N2O2. The van der Waals surface area contributed by atoms with Gasteiger partial charge in [0, 0.05) is 37.4 Å². The molecule has 0 aliphatic carbocycles. The average molecular weight is 250 g/mol. The minimum absolute atomic E-state index is 0.0201. The Kier molecular flexibility index (Phi) is 6.39. The van der Waals surface area contributed by atoms with Gasteiger partial charge in [-0.25, -0.2) is 0 Å². The van der Waals surface area contributed by atoms with E-state index in [4.69, 9.17) is 4.74 Å². The highest BCUT2D eigenvalue weighted by Crippen LogP contribution is 2.15. The van der Waals surface area contributed by atoms with Crippen LogP contribution in [0.3, 0.4) is 0 Å². The number of rotatable bonds is 7. The second kappa shape index (κ2) is 7.84. The number of nitrogens with one attached hydrogen (secondary N) is 2. The Morgan fingerprint density at radius 3 is 2.72 bits per heavy atom. The summed E-state index contributed by atoms with van der Waals surface area (Å²) in [5, 5.41) is 6.13. The maximum absolute atomic E-state index is 11.8. The molecule has 100 valence electrons. The second-order valence-electron chi connectivity index (χ2n) is 4.50. The number of amides is 1. The zero-order valence-corrected chi connectivity index (χ0v) is 11.3. The summed E-state index contributed by atoms with van der Waals surface area (Å²) in [5.41, 5.74) is 1.82. The molecule has 0 fully saturated rings. The summed E-state index contributed by atoms with van der Waals surface area (Å²) in [5.74, 6) is 0.0201. The van der Waals surface area contributed by atoms with Gasteiger partial charge >= 0.3 is 0 Å². The maximum atomic E-state index is 11.8. The van der Waals surface area contributed by atoms with Crippen molar-refractivity contribution in [1.82, 2.24) is 5.32 Å². The lowest BCUT2D eigenvalue weighted by Gasteiger charge is -2.11. The molecule has 1 aromatic rings. The highest BCUT2D eigenvalue weighted by Gasteiger charge is 2.06. The van der Waals surface area contributed by atoms with E-state index in [0.29, 0.717) is 25.6 Å². The molecule has 4 nitrogen and oxygen atoms in total.